The molecule has 1 unspecified atom stereocenters. The zero-order chi connectivity index (χ0) is 59.9. The van der Waals surface area contributed by atoms with Gasteiger partial charge in [-0.05, 0) is 57.8 Å². The topological polar surface area (TPSA) is 78.9 Å². The fourth-order valence-electron chi connectivity index (χ4n) is 11.5. The van der Waals surface area contributed by atoms with E-state index in [4.69, 9.17) is 14.2 Å². The predicted molar refractivity (Wildman–Crippen MR) is 362 cm³/mol. The van der Waals surface area contributed by atoms with Crippen LogP contribution in [0, 0.1) is 0 Å². The summed E-state index contributed by atoms with van der Waals surface area (Å²) in [5.74, 6) is -0.841. The van der Waals surface area contributed by atoms with E-state index in [1.54, 1.807) is 0 Å². The number of carbonyl (C=O) groups is 3. The molecule has 0 saturated heterocycles. The van der Waals surface area contributed by atoms with E-state index >= 15 is 0 Å². The summed E-state index contributed by atoms with van der Waals surface area (Å²) in [5.41, 5.74) is 0. The van der Waals surface area contributed by atoms with Crippen molar-refractivity contribution in [2.45, 2.75) is 425 Å². The molecule has 0 aliphatic rings. The van der Waals surface area contributed by atoms with Gasteiger partial charge in [-0.2, -0.15) is 0 Å². The number of ether oxygens (including phenoxy) is 3. The first kappa shape index (κ1) is 80.6. The van der Waals surface area contributed by atoms with Gasteiger partial charge >= 0.3 is 17.9 Å². The highest BCUT2D eigenvalue weighted by atomic mass is 16.6. The first-order valence-electron chi connectivity index (χ1n) is 37.5. The molecule has 0 aromatic rings. The van der Waals surface area contributed by atoms with E-state index in [1.165, 1.54) is 302 Å². The molecule has 0 rings (SSSR count). The molecule has 488 valence electrons. The van der Waals surface area contributed by atoms with Gasteiger partial charge in [0.1, 0.15) is 13.2 Å². The standard InChI is InChI=1S/C77H144O6/c1-4-7-10-13-16-19-22-25-28-31-34-36-38-40-41-43-46-49-52-55-58-61-64-67-70-76(79)82-73-74(72-81-75(78)69-66-63-60-57-54-51-48-45-33-30-27-24-21-18-15-12-9-6-3)83-77(80)71-68-65-62-59-56-53-50-47-44-42-39-37-35-32-29-26-23-20-17-14-11-8-5-2/h23,26,32,35,39,42,74H,4-22,24-25,27-31,33-34,36-38,40-41,43-73H2,1-3H3/b26-23-,35-32-,42-39-. The first-order chi connectivity index (χ1) is 41.0. The number of rotatable bonds is 70. The Labute approximate surface area is 518 Å². The summed E-state index contributed by atoms with van der Waals surface area (Å²) in [5, 5.41) is 0. The van der Waals surface area contributed by atoms with Gasteiger partial charge < -0.3 is 14.2 Å². The molecule has 6 heteroatoms. The molecule has 0 heterocycles. The quantitative estimate of drug-likeness (QED) is 0.0261. The third-order valence-corrected chi connectivity index (χ3v) is 17.1. The molecule has 0 radical (unpaired) electrons. The van der Waals surface area contributed by atoms with E-state index in [1.807, 2.05) is 0 Å². The Morgan fingerprint density at radius 2 is 0.434 bits per heavy atom. The van der Waals surface area contributed by atoms with Gasteiger partial charge in [0, 0.05) is 19.3 Å². The molecular formula is C77H144O6. The van der Waals surface area contributed by atoms with Gasteiger partial charge in [-0.25, -0.2) is 0 Å². The van der Waals surface area contributed by atoms with Crippen LogP contribution in [0.15, 0.2) is 36.5 Å². The monoisotopic (exact) mass is 1170 g/mol. The van der Waals surface area contributed by atoms with Gasteiger partial charge in [-0.1, -0.05) is 378 Å². The van der Waals surface area contributed by atoms with Crippen molar-refractivity contribution >= 4 is 17.9 Å². The minimum Gasteiger partial charge on any atom is -0.462 e. The number of unbranched alkanes of at least 4 members (excludes halogenated alkanes) is 53. The second-order valence-electron chi connectivity index (χ2n) is 25.6. The zero-order valence-electron chi connectivity index (χ0n) is 56.2. The van der Waals surface area contributed by atoms with Crippen molar-refractivity contribution in [3.05, 3.63) is 36.5 Å². The number of carbonyl (C=O) groups excluding carboxylic acids is 3. The molecule has 0 spiro atoms. The van der Waals surface area contributed by atoms with Crippen molar-refractivity contribution in [3.63, 3.8) is 0 Å². The summed E-state index contributed by atoms with van der Waals surface area (Å²) in [6.45, 7) is 6.72. The Morgan fingerprint density at radius 3 is 0.675 bits per heavy atom. The molecule has 0 aliphatic heterocycles. The summed E-state index contributed by atoms with van der Waals surface area (Å²) >= 11 is 0. The summed E-state index contributed by atoms with van der Waals surface area (Å²) in [6.07, 6.45) is 90.4. The largest absolute Gasteiger partial charge is 0.462 e. The Hall–Kier alpha value is -2.37. The molecule has 0 aliphatic carbocycles. The lowest BCUT2D eigenvalue weighted by Crippen LogP contribution is -2.30. The van der Waals surface area contributed by atoms with Gasteiger partial charge in [0.25, 0.3) is 0 Å². The van der Waals surface area contributed by atoms with Crippen LogP contribution in [0.4, 0.5) is 0 Å². The van der Waals surface area contributed by atoms with E-state index in [9.17, 15) is 14.4 Å². The second-order valence-corrected chi connectivity index (χ2v) is 25.6. The molecule has 6 nitrogen and oxygen atoms in total. The van der Waals surface area contributed by atoms with E-state index in [0.717, 1.165) is 77.0 Å². The second kappa shape index (κ2) is 72.1. The maximum atomic E-state index is 13.0. The first-order valence-corrected chi connectivity index (χ1v) is 37.5. The summed E-state index contributed by atoms with van der Waals surface area (Å²) in [6, 6.07) is 0. The van der Waals surface area contributed by atoms with Crippen molar-refractivity contribution in [3.8, 4) is 0 Å². The minimum atomic E-state index is -0.775. The molecule has 0 saturated carbocycles. The molecule has 0 bridgehead atoms. The van der Waals surface area contributed by atoms with Crippen LogP contribution in [0.5, 0.6) is 0 Å². The Kier molecular flexibility index (Phi) is 70.0. The van der Waals surface area contributed by atoms with E-state index in [0.29, 0.717) is 19.3 Å². The van der Waals surface area contributed by atoms with Crippen molar-refractivity contribution < 1.29 is 28.6 Å². The Balaban J connectivity index is 4.31. The highest BCUT2D eigenvalue weighted by Crippen LogP contribution is 2.19. The molecular weight excluding hydrogens is 1020 g/mol. The fraction of sp³-hybridized carbons (Fsp3) is 0.883. The van der Waals surface area contributed by atoms with Crippen LogP contribution in [0.25, 0.3) is 0 Å². The SMILES string of the molecule is CCCCCCC/C=C\C/C=C\C/C=C\CCCCCCCCCCC(=O)OC(COC(=O)CCCCCCCCCCCCCCCCCCCC)COC(=O)CCCCCCCCCCCCCCCCCCCCCCCCCC. The Morgan fingerprint density at radius 1 is 0.241 bits per heavy atom. The van der Waals surface area contributed by atoms with Gasteiger partial charge in [0.05, 0.1) is 0 Å². The van der Waals surface area contributed by atoms with Crippen LogP contribution in [0.1, 0.15) is 419 Å². The maximum absolute atomic E-state index is 13.0. The zero-order valence-corrected chi connectivity index (χ0v) is 56.2. The average molecular weight is 1170 g/mol. The van der Waals surface area contributed by atoms with E-state index in [-0.39, 0.29) is 31.1 Å². The van der Waals surface area contributed by atoms with Crippen molar-refractivity contribution in [2.75, 3.05) is 13.2 Å². The van der Waals surface area contributed by atoms with E-state index < -0.39 is 6.10 Å². The van der Waals surface area contributed by atoms with Crippen LogP contribution in [-0.2, 0) is 28.6 Å². The van der Waals surface area contributed by atoms with Crippen molar-refractivity contribution in [2.24, 2.45) is 0 Å². The third-order valence-electron chi connectivity index (χ3n) is 17.1. The van der Waals surface area contributed by atoms with Gasteiger partial charge in [-0.15, -0.1) is 0 Å². The minimum absolute atomic E-state index is 0.0689. The highest BCUT2D eigenvalue weighted by molar-refractivity contribution is 5.71. The molecule has 0 aromatic heterocycles. The summed E-state index contributed by atoms with van der Waals surface area (Å²) < 4.78 is 17.0. The number of hydrogen-bond donors (Lipinski definition) is 0. The average Bonchev–Trinajstić information content (AvgIpc) is 3.49. The normalized spacial score (nSPS) is 12.2. The van der Waals surface area contributed by atoms with Crippen molar-refractivity contribution in [1.29, 1.82) is 0 Å². The number of allylic oxidation sites excluding steroid dienone is 6. The van der Waals surface area contributed by atoms with Crippen LogP contribution in [0.3, 0.4) is 0 Å². The third kappa shape index (κ3) is 70.3. The molecule has 0 aromatic carbocycles. The fourth-order valence-corrected chi connectivity index (χ4v) is 11.5. The lowest BCUT2D eigenvalue weighted by atomic mass is 10.0. The van der Waals surface area contributed by atoms with Crippen LogP contribution in [0.2, 0.25) is 0 Å². The molecule has 0 fully saturated rings. The van der Waals surface area contributed by atoms with Crippen molar-refractivity contribution in [1.82, 2.24) is 0 Å². The molecule has 0 amide bonds. The molecule has 1 atom stereocenters. The smallest absolute Gasteiger partial charge is 0.306 e. The molecule has 0 N–H and O–H groups in total. The Bertz CT molecular complexity index is 1380. The predicted octanol–water partition coefficient (Wildman–Crippen LogP) is 25.9. The lowest BCUT2D eigenvalue weighted by Gasteiger charge is -2.18. The molecule has 83 heavy (non-hydrogen) atoms. The van der Waals surface area contributed by atoms with Crippen LogP contribution in [-0.4, -0.2) is 37.2 Å². The van der Waals surface area contributed by atoms with Gasteiger partial charge in [-0.3, -0.25) is 14.4 Å². The summed E-state index contributed by atoms with van der Waals surface area (Å²) in [7, 11) is 0. The van der Waals surface area contributed by atoms with E-state index in [2.05, 4.69) is 57.2 Å². The van der Waals surface area contributed by atoms with Gasteiger partial charge in [0.15, 0.2) is 6.10 Å². The van der Waals surface area contributed by atoms with Crippen LogP contribution >= 0.6 is 0 Å². The lowest BCUT2D eigenvalue weighted by molar-refractivity contribution is -0.167. The summed E-state index contributed by atoms with van der Waals surface area (Å²) in [4.78, 5) is 38.6. The maximum Gasteiger partial charge on any atom is 0.306 e. The van der Waals surface area contributed by atoms with Crippen LogP contribution < -0.4 is 0 Å². The number of esters is 3. The highest BCUT2D eigenvalue weighted by Gasteiger charge is 2.20. The van der Waals surface area contributed by atoms with Gasteiger partial charge in [0.2, 0.25) is 0 Å². The number of hydrogen-bond acceptors (Lipinski definition) is 6.